The molecule has 0 saturated heterocycles. The molecule has 0 saturated carbocycles. The van der Waals surface area contributed by atoms with Crippen molar-refractivity contribution in [2.24, 2.45) is 5.41 Å². The van der Waals surface area contributed by atoms with E-state index in [-0.39, 0.29) is 12.0 Å². The molecule has 2 rings (SSSR count). The standard InChI is InChI=1S/C16H26N2O/c1-3-16(4-2,11-19)10-18-15-8-5-12-9-13(17)6-7-14(12)15/h6-7,9,15,18-19H,3-5,8,10-11,17H2,1-2H3. The van der Waals surface area contributed by atoms with Crippen molar-refractivity contribution >= 4 is 5.69 Å². The molecule has 19 heavy (non-hydrogen) atoms. The molecule has 0 spiro atoms. The van der Waals surface area contributed by atoms with Crippen LogP contribution in [-0.4, -0.2) is 18.3 Å². The molecule has 1 aromatic carbocycles. The highest BCUT2D eigenvalue weighted by molar-refractivity contribution is 5.47. The number of aliphatic hydroxyl groups excluding tert-OH is 1. The van der Waals surface area contributed by atoms with Crippen LogP contribution in [-0.2, 0) is 6.42 Å². The maximum atomic E-state index is 9.63. The summed E-state index contributed by atoms with van der Waals surface area (Å²) in [7, 11) is 0. The molecule has 106 valence electrons. The third-order valence-corrected chi connectivity index (χ3v) is 4.80. The predicted octanol–water partition coefficient (Wildman–Crippen LogP) is 2.64. The fourth-order valence-electron chi connectivity index (χ4n) is 2.97. The monoisotopic (exact) mass is 262 g/mol. The number of rotatable bonds is 6. The molecular weight excluding hydrogens is 236 g/mol. The molecule has 3 heteroatoms. The van der Waals surface area contributed by atoms with Gasteiger partial charge in [0.2, 0.25) is 0 Å². The maximum Gasteiger partial charge on any atom is 0.0499 e. The van der Waals surface area contributed by atoms with E-state index in [2.05, 4.69) is 31.3 Å². The Morgan fingerprint density at radius 2 is 2.11 bits per heavy atom. The van der Waals surface area contributed by atoms with Crippen molar-refractivity contribution in [1.82, 2.24) is 5.32 Å². The van der Waals surface area contributed by atoms with Crippen molar-refractivity contribution < 1.29 is 5.11 Å². The molecule has 1 atom stereocenters. The van der Waals surface area contributed by atoms with Crippen LogP contribution in [0.3, 0.4) is 0 Å². The van der Waals surface area contributed by atoms with Crippen molar-refractivity contribution in [1.29, 1.82) is 0 Å². The van der Waals surface area contributed by atoms with E-state index in [4.69, 9.17) is 5.73 Å². The summed E-state index contributed by atoms with van der Waals surface area (Å²) >= 11 is 0. The van der Waals surface area contributed by atoms with Crippen molar-refractivity contribution in [3.8, 4) is 0 Å². The SMILES string of the molecule is CCC(CC)(CO)CNC1CCc2cc(N)ccc21. The van der Waals surface area contributed by atoms with Crippen LogP contribution in [0.2, 0.25) is 0 Å². The van der Waals surface area contributed by atoms with Crippen LogP contribution in [0.15, 0.2) is 18.2 Å². The summed E-state index contributed by atoms with van der Waals surface area (Å²) < 4.78 is 0. The Labute approximate surface area is 116 Å². The highest BCUT2D eigenvalue weighted by atomic mass is 16.3. The molecule has 0 heterocycles. The van der Waals surface area contributed by atoms with Crippen molar-refractivity contribution in [2.75, 3.05) is 18.9 Å². The van der Waals surface area contributed by atoms with Gasteiger partial charge in [-0.3, -0.25) is 0 Å². The second-order valence-electron chi connectivity index (χ2n) is 5.80. The Balaban J connectivity index is 2.03. The van der Waals surface area contributed by atoms with Crippen LogP contribution < -0.4 is 11.1 Å². The van der Waals surface area contributed by atoms with Crippen LogP contribution >= 0.6 is 0 Å². The van der Waals surface area contributed by atoms with Crippen LogP contribution in [0, 0.1) is 5.41 Å². The van der Waals surface area contributed by atoms with E-state index >= 15 is 0 Å². The van der Waals surface area contributed by atoms with Gasteiger partial charge in [0.15, 0.2) is 0 Å². The summed E-state index contributed by atoms with van der Waals surface area (Å²) in [6.45, 7) is 5.45. The lowest BCUT2D eigenvalue weighted by Gasteiger charge is -2.31. The fraction of sp³-hybridized carbons (Fsp3) is 0.625. The lowest BCUT2D eigenvalue weighted by molar-refractivity contribution is 0.109. The van der Waals surface area contributed by atoms with Crippen molar-refractivity contribution in [3.05, 3.63) is 29.3 Å². The zero-order valence-electron chi connectivity index (χ0n) is 12.1. The molecule has 1 aromatic rings. The molecular formula is C16H26N2O. The lowest BCUT2D eigenvalue weighted by Crippen LogP contribution is -2.37. The van der Waals surface area contributed by atoms with Gasteiger partial charge in [-0.05, 0) is 48.9 Å². The number of nitrogens with one attached hydrogen (secondary N) is 1. The Bertz CT molecular complexity index is 418. The summed E-state index contributed by atoms with van der Waals surface area (Å²) in [5, 5.41) is 13.3. The molecule has 1 aliphatic carbocycles. The van der Waals surface area contributed by atoms with E-state index in [0.717, 1.165) is 37.9 Å². The van der Waals surface area contributed by atoms with Gasteiger partial charge in [-0.1, -0.05) is 19.9 Å². The average molecular weight is 262 g/mol. The molecule has 1 aliphatic rings. The Morgan fingerprint density at radius 3 is 2.74 bits per heavy atom. The summed E-state index contributed by atoms with van der Waals surface area (Å²) in [6, 6.07) is 6.64. The number of hydrogen-bond acceptors (Lipinski definition) is 3. The minimum Gasteiger partial charge on any atom is -0.399 e. The quantitative estimate of drug-likeness (QED) is 0.691. The number of nitrogen functional groups attached to an aromatic ring is 1. The summed E-state index contributed by atoms with van der Waals surface area (Å²) in [5.41, 5.74) is 9.47. The molecule has 0 radical (unpaired) electrons. The first-order valence-corrected chi connectivity index (χ1v) is 7.36. The highest BCUT2D eigenvalue weighted by Crippen LogP contribution is 2.34. The zero-order valence-corrected chi connectivity index (χ0v) is 12.1. The minimum absolute atomic E-state index is 0.0244. The van der Waals surface area contributed by atoms with Gasteiger partial charge in [-0.2, -0.15) is 0 Å². The van der Waals surface area contributed by atoms with E-state index in [1.807, 2.05) is 6.07 Å². The van der Waals surface area contributed by atoms with Crippen LogP contribution in [0.25, 0.3) is 0 Å². The minimum atomic E-state index is 0.0244. The smallest absolute Gasteiger partial charge is 0.0499 e. The summed E-state index contributed by atoms with van der Waals surface area (Å²) in [6.07, 6.45) is 4.25. The summed E-state index contributed by atoms with van der Waals surface area (Å²) in [5.74, 6) is 0. The molecule has 3 nitrogen and oxygen atoms in total. The number of anilines is 1. The number of fused-ring (bicyclic) bond motifs is 1. The number of benzene rings is 1. The van der Waals surface area contributed by atoms with Crippen LogP contribution in [0.4, 0.5) is 5.69 Å². The van der Waals surface area contributed by atoms with Gasteiger partial charge in [0, 0.05) is 30.3 Å². The van der Waals surface area contributed by atoms with Gasteiger partial charge in [0.05, 0.1) is 0 Å². The number of aryl methyl sites for hydroxylation is 1. The highest BCUT2D eigenvalue weighted by Gasteiger charge is 2.28. The van der Waals surface area contributed by atoms with Gasteiger partial charge in [-0.25, -0.2) is 0 Å². The third kappa shape index (κ3) is 2.93. The third-order valence-electron chi connectivity index (χ3n) is 4.80. The first kappa shape index (κ1) is 14.4. The zero-order chi connectivity index (χ0) is 13.9. The second kappa shape index (κ2) is 5.93. The van der Waals surface area contributed by atoms with Crippen LogP contribution in [0.5, 0.6) is 0 Å². The van der Waals surface area contributed by atoms with Gasteiger partial charge >= 0.3 is 0 Å². The molecule has 0 bridgehead atoms. The first-order chi connectivity index (χ1) is 9.14. The molecule has 0 aliphatic heterocycles. The van der Waals surface area contributed by atoms with Crippen LogP contribution in [0.1, 0.15) is 50.3 Å². The summed E-state index contributed by atoms with van der Waals surface area (Å²) in [4.78, 5) is 0. The van der Waals surface area contributed by atoms with Gasteiger partial charge in [0.1, 0.15) is 0 Å². The fourth-order valence-corrected chi connectivity index (χ4v) is 2.97. The van der Waals surface area contributed by atoms with Gasteiger partial charge < -0.3 is 16.2 Å². The van der Waals surface area contributed by atoms with Crippen molar-refractivity contribution in [3.63, 3.8) is 0 Å². The van der Waals surface area contributed by atoms with E-state index in [1.165, 1.54) is 11.1 Å². The maximum absolute atomic E-state index is 9.63. The number of nitrogens with two attached hydrogens (primary N) is 1. The van der Waals surface area contributed by atoms with E-state index < -0.39 is 0 Å². The number of hydrogen-bond donors (Lipinski definition) is 3. The van der Waals surface area contributed by atoms with E-state index in [0.29, 0.717) is 6.04 Å². The topological polar surface area (TPSA) is 58.3 Å². The lowest BCUT2D eigenvalue weighted by atomic mass is 9.83. The number of aliphatic hydroxyl groups is 1. The Hall–Kier alpha value is -1.06. The Morgan fingerprint density at radius 1 is 1.37 bits per heavy atom. The molecule has 1 unspecified atom stereocenters. The second-order valence-corrected chi connectivity index (χ2v) is 5.80. The van der Waals surface area contributed by atoms with E-state index in [1.54, 1.807) is 0 Å². The molecule has 0 fully saturated rings. The van der Waals surface area contributed by atoms with E-state index in [9.17, 15) is 5.11 Å². The first-order valence-electron chi connectivity index (χ1n) is 7.36. The van der Waals surface area contributed by atoms with Gasteiger partial charge in [-0.15, -0.1) is 0 Å². The molecule has 0 amide bonds. The molecule has 0 aromatic heterocycles. The predicted molar refractivity (Wildman–Crippen MR) is 80.0 cm³/mol. The average Bonchev–Trinajstić information content (AvgIpc) is 2.83. The van der Waals surface area contributed by atoms with Crippen molar-refractivity contribution in [2.45, 2.75) is 45.6 Å². The largest absolute Gasteiger partial charge is 0.399 e. The molecule has 4 N–H and O–H groups in total. The Kier molecular flexibility index (Phi) is 4.48. The normalized spacial score (nSPS) is 18.6. The van der Waals surface area contributed by atoms with Gasteiger partial charge in [0.25, 0.3) is 0 Å².